The van der Waals surface area contributed by atoms with Crippen molar-refractivity contribution in [2.45, 2.75) is 6.61 Å². The second kappa shape index (κ2) is 7.49. The van der Waals surface area contributed by atoms with Crippen LogP contribution in [0.5, 0.6) is 11.5 Å². The van der Waals surface area contributed by atoms with Crippen LogP contribution in [-0.2, 0) is 15.7 Å². The van der Waals surface area contributed by atoms with Crippen LogP contribution < -0.4 is 4.74 Å². The van der Waals surface area contributed by atoms with Crippen LogP contribution in [0.4, 0.5) is 5.69 Å². The summed E-state index contributed by atoms with van der Waals surface area (Å²) in [6.45, 7) is 3.17. The van der Waals surface area contributed by atoms with Gasteiger partial charge in [0.2, 0.25) is 5.75 Å². The summed E-state index contributed by atoms with van der Waals surface area (Å²) < 4.78 is 28.4. The van der Waals surface area contributed by atoms with Crippen LogP contribution in [0, 0.1) is 10.1 Å². The Hall–Kier alpha value is -2.77. The second-order valence-electron chi connectivity index (χ2n) is 7.34. The fraction of sp³-hybridized carbons (Fsp3) is 0.238. The Morgan fingerprint density at radius 1 is 0.933 bits per heavy atom. The van der Waals surface area contributed by atoms with Gasteiger partial charge in [-0.3, -0.25) is 14.7 Å². The molecule has 0 aliphatic carbocycles. The summed E-state index contributed by atoms with van der Waals surface area (Å²) in [4.78, 5) is 11.0. The number of benzene rings is 3. The number of nitro groups is 1. The monoisotopic (exact) mass is 425 g/mol. The molecule has 2 saturated heterocycles. The van der Waals surface area contributed by atoms with Gasteiger partial charge in [-0.15, -0.1) is 0 Å². The summed E-state index contributed by atoms with van der Waals surface area (Å²) in [7, 11) is -2.95. The van der Waals surface area contributed by atoms with Crippen LogP contribution in [0.25, 0.3) is 10.8 Å². The van der Waals surface area contributed by atoms with E-state index < -0.39 is 12.6 Å². The number of hydrogen-bond acceptors (Lipinski definition) is 5. The zero-order valence-corrected chi connectivity index (χ0v) is 17.0. The number of fused-ring (bicyclic) bond motifs is 1. The van der Waals surface area contributed by atoms with Gasteiger partial charge in [-0.1, -0.05) is 30.3 Å². The molecule has 0 aromatic heterocycles. The third-order valence-corrected chi connectivity index (χ3v) is 7.83. The predicted octanol–water partition coefficient (Wildman–Crippen LogP) is 4.80. The first-order valence-corrected chi connectivity index (χ1v) is 11.3. The lowest BCUT2D eigenvalue weighted by atomic mass is 10.1. The van der Waals surface area contributed by atoms with Crippen LogP contribution in [0.1, 0.15) is 5.56 Å². The van der Waals surface area contributed by atoms with E-state index in [2.05, 4.69) is 0 Å². The molecule has 154 valence electrons. The average Bonchev–Trinajstić information content (AvgIpc) is 3.64. The van der Waals surface area contributed by atoms with Gasteiger partial charge in [0.05, 0.1) is 11.5 Å². The maximum Gasteiger partial charge on any atom is 0.346 e. The molecule has 0 spiro atoms. The lowest BCUT2D eigenvalue weighted by Crippen LogP contribution is -2.08. The first-order chi connectivity index (χ1) is 14.5. The molecule has 5 rings (SSSR count). The van der Waals surface area contributed by atoms with Gasteiger partial charge in [0.25, 0.3) is 0 Å². The lowest BCUT2D eigenvalue weighted by molar-refractivity contribution is -0.385. The molecule has 0 radical (unpaired) electrons. The summed E-state index contributed by atoms with van der Waals surface area (Å²) in [5.74, 6) is 0.637. The lowest BCUT2D eigenvalue weighted by Gasteiger charge is -2.19. The van der Waals surface area contributed by atoms with Gasteiger partial charge in [0.15, 0.2) is 0 Å². The quantitative estimate of drug-likeness (QED) is 0.222. The van der Waals surface area contributed by atoms with E-state index in [1.165, 1.54) is 6.07 Å². The first kappa shape index (κ1) is 19.2. The Labute approximate surface area is 173 Å². The fourth-order valence-corrected chi connectivity index (χ4v) is 5.53. The van der Waals surface area contributed by atoms with Gasteiger partial charge in [0, 0.05) is 32.2 Å². The Morgan fingerprint density at radius 3 is 2.30 bits per heavy atom. The highest BCUT2D eigenvalue weighted by Crippen LogP contribution is 2.61. The van der Waals surface area contributed by atoms with Gasteiger partial charge in [-0.05, 0) is 40.6 Å². The van der Waals surface area contributed by atoms with Crippen LogP contribution in [0.3, 0.4) is 0 Å². The molecule has 0 atom stereocenters. The smallest absolute Gasteiger partial charge is 0.346 e. The molecule has 0 saturated carbocycles. The minimum atomic E-state index is -2.95. The van der Waals surface area contributed by atoms with E-state index in [-0.39, 0.29) is 18.0 Å². The predicted molar refractivity (Wildman–Crippen MR) is 113 cm³/mol. The molecule has 2 heterocycles. The van der Waals surface area contributed by atoms with Crippen LogP contribution in [0.15, 0.2) is 60.7 Å². The van der Waals surface area contributed by atoms with Gasteiger partial charge in [-0.25, -0.2) is 9.34 Å². The van der Waals surface area contributed by atoms with Crippen molar-refractivity contribution >= 4 is 24.1 Å². The van der Waals surface area contributed by atoms with Crippen molar-refractivity contribution in [2.24, 2.45) is 0 Å². The normalized spacial score (nSPS) is 16.5. The van der Waals surface area contributed by atoms with E-state index >= 15 is 0 Å². The molecular formula is C21H20N3O5P. The summed E-state index contributed by atoms with van der Waals surface area (Å²) in [6.07, 6.45) is 0. The van der Waals surface area contributed by atoms with Gasteiger partial charge < -0.3 is 9.26 Å². The van der Waals surface area contributed by atoms with E-state index in [1.54, 1.807) is 18.2 Å². The topological polar surface area (TPSA) is 84.7 Å². The van der Waals surface area contributed by atoms with Crippen LogP contribution in [0.2, 0.25) is 0 Å². The Balaban J connectivity index is 1.40. The average molecular weight is 425 g/mol. The fourth-order valence-electron chi connectivity index (χ4n) is 3.33. The molecule has 2 aliphatic heterocycles. The first-order valence-electron chi connectivity index (χ1n) is 9.72. The molecule has 3 aromatic rings. The van der Waals surface area contributed by atoms with Crippen molar-refractivity contribution < 1.29 is 18.7 Å². The second-order valence-corrected chi connectivity index (χ2v) is 9.71. The van der Waals surface area contributed by atoms with Crippen molar-refractivity contribution in [1.82, 2.24) is 9.34 Å². The maximum atomic E-state index is 13.1. The summed E-state index contributed by atoms with van der Waals surface area (Å²) in [5, 5.41) is 13.5. The van der Waals surface area contributed by atoms with Crippen molar-refractivity contribution in [1.29, 1.82) is 0 Å². The summed E-state index contributed by atoms with van der Waals surface area (Å²) in [6, 6.07) is 18.0. The Morgan fingerprint density at radius 2 is 1.63 bits per heavy atom. The molecule has 0 amide bonds. The highest BCUT2D eigenvalue weighted by Gasteiger charge is 2.49. The third-order valence-electron chi connectivity index (χ3n) is 5.13. The highest BCUT2D eigenvalue weighted by molar-refractivity contribution is 7.54. The molecule has 0 bridgehead atoms. The van der Waals surface area contributed by atoms with Gasteiger partial charge >= 0.3 is 13.4 Å². The summed E-state index contributed by atoms with van der Waals surface area (Å²) >= 11 is 0. The molecule has 2 aliphatic rings. The minimum absolute atomic E-state index is 0.0936. The molecule has 2 fully saturated rings. The van der Waals surface area contributed by atoms with Crippen molar-refractivity contribution in [3.05, 3.63) is 76.3 Å². The number of rotatable bonds is 8. The molecule has 30 heavy (non-hydrogen) atoms. The van der Waals surface area contributed by atoms with Gasteiger partial charge in [0.1, 0.15) is 5.75 Å². The minimum Gasteiger partial charge on any atom is -0.450 e. The van der Waals surface area contributed by atoms with Crippen molar-refractivity contribution in [2.75, 3.05) is 26.2 Å². The molecule has 0 unspecified atom stereocenters. The third kappa shape index (κ3) is 3.82. The zero-order valence-electron chi connectivity index (χ0n) is 16.1. The number of hydrogen-bond donors (Lipinski definition) is 0. The van der Waals surface area contributed by atoms with E-state index in [4.69, 9.17) is 9.26 Å². The highest BCUT2D eigenvalue weighted by atomic mass is 31.2. The molecular weight excluding hydrogens is 405 g/mol. The molecule has 0 N–H and O–H groups in total. The maximum absolute atomic E-state index is 13.1. The SMILES string of the molecule is O=[N+]([O-])c1ccc(COP(=O)(N2CC2)N2CC2)cc1Oc1ccc2ccccc2c1. The Kier molecular flexibility index (Phi) is 4.79. The summed E-state index contributed by atoms with van der Waals surface area (Å²) in [5.41, 5.74) is 0.535. The molecule has 8 nitrogen and oxygen atoms in total. The van der Waals surface area contributed by atoms with E-state index in [1.807, 2.05) is 45.7 Å². The van der Waals surface area contributed by atoms with Crippen molar-refractivity contribution in [3.8, 4) is 11.5 Å². The largest absolute Gasteiger partial charge is 0.450 e. The van der Waals surface area contributed by atoms with Crippen molar-refractivity contribution in [3.63, 3.8) is 0 Å². The molecule has 3 aromatic carbocycles. The molecule has 9 heteroatoms. The standard InChI is InChI=1S/C21H20N3O5P/c25-24(26)20-8-5-16(15-28-30(27,22-9-10-22)23-11-12-23)13-21(20)29-19-7-6-17-3-1-2-4-18(17)14-19/h1-8,13-14H,9-12,15H2. The Bertz CT molecular complexity index is 1160. The van der Waals surface area contributed by atoms with E-state index in [0.717, 1.165) is 37.0 Å². The number of nitrogens with zero attached hydrogens (tertiary/aromatic N) is 3. The van der Waals surface area contributed by atoms with E-state index in [9.17, 15) is 14.7 Å². The zero-order chi connectivity index (χ0) is 20.7. The number of ether oxygens (including phenoxy) is 1. The van der Waals surface area contributed by atoms with Gasteiger partial charge in [-0.2, -0.15) is 0 Å². The van der Waals surface area contributed by atoms with Crippen LogP contribution >= 0.6 is 7.67 Å². The van der Waals surface area contributed by atoms with Crippen LogP contribution in [-0.4, -0.2) is 40.4 Å². The van der Waals surface area contributed by atoms with E-state index in [0.29, 0.717) is 11.3 Å². The number of nitro benzene ring substituents is 1.